The zero-order valence-corrected chi connectivity index (χ0v) is 14.2. The van der Waals surface area contributed by atoms with Crippen molar-refractivity contribution in [3.05, 3.63) is 32.4 Å². The Labute approximate surface area is 133 Å². The maximum atomic E-state index is 12.6. The number of amides is 1. The molecule has 0 spiro atoms. The van der Waals surface area contributed by atoms with Gasteiger partial charge in [0.15, 0.2) is 0 Å². The van der Waals surface area contributed by atoms with Crippen molar-refractivity contribution in [1.29, 1.82) is 0 Å². The van der Waals surface area contributed by atoms with E-state index in [9.17, 15) is 4.79 Å². The Morgan fingerprint density at radius 2 is 2.21 bits per heavy atom. The van der Waals surface area contributed by atoms with E-state index in [2.05, 4.69) is 36.4 Å². The second kappa shape index (κ2) is 6.44. The second-order valence-corrected chi connectivity index (χ2v) is 6.86. The summed E-state index contributed by atoms with van der Waals surface area (Å²) in [6.07, 6.45) is 3.47. The predicted octanol–water partition coefficient (Wildman–Crippen LogP) is 4.60. The molecule has 1 amide bonds. The molecule has 2 unspecified atom stereocenters. The minimum Gasteiger partial charge on any atom is -0.336 e. The molecule has 2 atom stereocenters. The van der Waals surface area contributed by atoms with Crippen LogP contribution in [0.15, 0.2) is 18.2 Å². The largest absolute Gasteiger partial charge is 0.336 e. The van der Waals surface area contributed by atoms with E-state index >= 15 is 0 Å². The third-order valence-electron chi connectivity index (χ3n) is 3.98. The number of carbonyl (C=O) groups excluding carboxylic acids is 1. The van der Waals surface area contributed by atoms with Crippen LogP contribution in [0.2, 0.25) is 5.02 Å². The van der Waals surface area contributed by atoms with Gasteiger partial charge in [-0.2, -0.15) is 0 Å². The molecular weight excluding hydrogens is 373 g/mol. The van der Waals surface area contributed by atoms with Crippen LogP contribution in [0.5, 0.6) is 0 Å². The number of nitrogens with zero attached hydrogens (tertiary/aromatic N) is 1. The van der Waals surface area contributed by atoms with E-state index in [0.29, 0.717) is 22.5 Å². The van der Waals surface area contributed by atoms with Gasteiger partial charge in [-0.1, -0.05) is 24.9 Å². The average Bonchev–Trinajstić information content (AvgIpc) is 2.41. The molecule has 1 aliphatic rings. The number of benzene rings is 1. The summed E-state index contributed by atoms with van der Waals surface area (Å²) in [6, 6.07) is 5.89. The van der Waals surface area contributed by atoms with Crippen molar-refractivity contribution in [2.45, 2.75) is 39.2 Å². The predicted molar refractivity (Wildman–Crippen MR) is 87.7 cm³/mol. The smallest absolute Gasteiger partial charge is 0.254 e. The summed E-state index contributed by atoms with van der Waals surface area (Å²) < 4.78 is 0.981. The van der Waals surface area contributed by atoms with Crippen LogP contribution in [0.4, 0.5) is 0 Å². The van der Waals surface area contributed by atoms with Gasteiger partial charge in [-0.3, -0.25) is 4.79 Å². The fourth-order valence-electron chi connectivity index (χ4n) is 2.59. The average molecular weight is 392 g/mol. The van der Waals surface area contributed by atoms with Crippen LogP contribution in [0.1, 0.15) is 43.5 Å². The highest BCUT2D eigenvalue weighted by Gasteiger charge is 2.28. The summed E-state index contributed by atoms with van der Waals surface area (Å²) in [5, 5.41) is 0.656. The van der Waals surface area contributed by atoms with Gasteiger partial charge in [-0.15, -0.1) is 0 Å². The van der Waals surface area contributed by atoms with Crippen molar-refractivity contribution in [2.75, 3.05) is 6.54 Å². The van der Waals surface area contributed by atoms with Gasteiger partial charge in [-0.05, 0) is 66.5 Å². The van der Waals surface area contributed by atoms with Crippen molar-refractivity contribution < 1.29 is 4.79 Å². The number of piperidine rings is 1. The molecule has 0 saturated carbocycles. The summed E-state index contributed by atoms with van der Waals surface area (Å²) >= 11 is 8.29. The summed E-state index contributed by atoms with van der Waals surface area (Å²) in [5.41, 5.74) is 0.703. The van der Waals surface area contributed by atoms with E-state index in [4.69, 9.17) is 11.6 Å². The highest BCUT2D eigenvalue weighted by molar-refractivity contribution is 14.1. The molecule has 1 aliphatic heterocycles. The molecule has 1 aromatic rings. The topological polar surface area (TPSA) is 20.3 Å². The summed E-state index contributed by atoms with van der Waals surface area (Å²) in [7, 11) is 0. The minimum absolute atomic E-state index is 0.115. The molecular formula is C15H19ClINO. The molecule has 0 bridgehead atoms. The summed E-state index contributed by atoms with van der Waals surface area (Å²) in [6.45, 7) is 5.21. The Balaban J connectivity index is 2.19. The number of rotatable bonds is 2. The van der Waals surface area contributed by atoms with Gasteiger partial charge in [0.05, 0.1) is 5.02 Å². The normalized spacial score (nSPS) is 23.5. The first kappa shape index (κ1) is 15.1. The number of carbonyl (C=O) groups is 1. The van der Waals surface area contributed by atoms with Crippen molar-refractivity contribution in [3.8, 4) is 0 Å². The molecule has 2 nitrogen and oxygen atoms in total. The fraction of sp³-hybridized carbons (Fsp3) is 0.533. The molecule has 0 aromatic heterocycles. The Morgan fingerprint density at radius 1 is 1.47 bits per heavy atom. The van der Waals surface area contributed by atoms with E-state index in [0.717, 1.165) is 23.0 Å². The number of likely N-dealkylation sites (tertiary alicyclic amines) is 1. The fourth-order valence-corrected chi connectivity index (χ4v) is 3.11. The van der Waals surface area contributed by atoms with E-state index in [1.54, 1.807) is 6.07 Å². The van der Waals surface area contributed by atoms with Crippen LogP contribution >= 0.6 is 34.2 Å². The molecule has 0 aliphatic carbocycles. The van der Waals surface area contributed by atoms with E-state index in [-0.39, 0.29) is 5.91 Å². The standard InChI is InChI=1S/C15H19ClINO/c1-3-11-5-4-10(2)18(9-11)15(19)12-6-7-14(17)13(16)8-12/h6-8,10-11H,3-5,9H2,1-2H3. The minimum atomic E-state index is 0.115. The molecule has 4 heteroatoms. The number of hydrogen-bond acceptors (Lipinski definition) is 1. The first-order valence-electron chi connectivity index (χ1n) is 6.79. The van der Waals surface area contributed by atoms with Gasteiger partial charge < -0.3 is 4.90 Å². The zero-order valence-electron chi connectivity index (χ0n) is 11.3. The van der Waals surface area contributed by atoms with Crippen molar-refractivity contribution in [2.24, 2.45) is 5.92 Å². The molecule has 1 saturated heterocycles. The third-order valence-corrected chi connectivity index (χ3v) is 5.56. The van der Waals surface area contributed by atoms with Gasteiger partial charge in [-0.25, -0.2) is 0 Å². The second-order valence-electron chi connectivity index (χ2n) is 5.29. The lowest BCUT2D eigenvalue weighted by Crippen LogP contribution is -2.45. The van der Waals surface area contributed by atoms with Crippen LogP contribution in [0.25, 0.3) is 0 Å². The SMILES string of the molecule is CCC1CCC(C)N(C(=O)c2ccc(I)c(Cl)c2)C1. The lowest BCUT2D eigenvalue weighted by Gasteiger charge is -2.38. The molecule has 2 rings (SSSR count). The van der Waals surface area contributed by atoms with Gasteiger partial charge in [0.2, 0.25) is 0 Å². The van der Waals surface area contributed by atoms with Crippen molar-refractivity contribution in [1.82, 2.24) is 4.90 Å². The van der Waals surface area contributed by atoms with Crippen molar-refractivity contribution in [3.63, 3.8) is 0 Å². The lowest BCUT2D eigenvalue weighted by molar-refractivity contribution is 0.0556. The number of halogens is 2. The zero-order chi connectivity index (χ0) is 14.0. The van der Waals surface area contributed by atoms with Crippen LogP contribution in [0.3, 0.4) is 0 Å². The van der Waals surface area contributed by atoms with Gasteiger partial charge >= 0.3 is 0 Å². The van der Waals surface area contributed by atoms with Crippen LogP contribution in [-0.4, -0.2) is 23.4 Å². The lowest BCUT2D eigenvalue weighted by atomic mass is 9.91. The van der Waals surface area contributed by atoms with E-state index in [1.165, 1.54) is 6.42 Å². The molecule has 0 radical (unpaired) electrons. The summed E-state index contributed by atoms with van der Waals surface area (Å²) in [4.78, 5) is 14.6. The van der Waals surface area contributed by atoms with Gasteiger partial charge in [0.1, 0.15) is 0 Å². The maximum Gasteiger partial charge on any atom is 0.254 e. The van der Waals surface area contributed by atoms with E-state index in [1.807, 2.05) is 17.0 Å². The molecule has 19 heavy (non-hydrogen) atoms. The number of hydrogen-bond donors (Lipinski definition) is 0. The molecule has 0 N–H and O–H groups in total. The van der Waals surface area contributed by atoms with Gasteiger partial charge in [0, 0.05) is 21.7 Å². The van der Waals surface area contributed by atoms with Crippen LogP contribution in [0, 0.1) is 9.49 Å². The Bertz CT molecular complexity index is 477. The molecule has 1 heterocycles. The third kappa shape index (κ3) is 3.43. The highest BCUT2D eigenvalue weighted by Crippen LogP contribution is 2.27. The maximum absolute atomic E-state index is 12.6. The molecule has 1 aromatic carbocycles. The van der Waals surface area contributed by atoms with Crippen molar-refractivity contribution >= 4 is 40.1 Å². The Kier molecular flexibility index (Phi) is 5.12. The van der Waals surface area contributed by atoms with Crippen LogP contribution < -0.4 is 0 Å². The Hall–Kier alpha value is -0.290. The highest BCUT2D eigenvalue weighted by atomic mass is 127. The molecule has 104 valence electrons. The molecule has 1 fully saturated rings. The Morgan fingerprint density at radius 3 is 2.84 bits per heavy atom. The summed E-state index contributed by atoms with van der Waals surface area (Å²) in [5.74, 6) is 0.753. The van der Waals surface area contributed by atoms with Gasteiger partial charge in [0.25, 0.3) is 5.91 Å². The van der Waals surface area contributed by atoms with E-state index < -0.39 is 0 Å². The first-order chi connectivity index (χ1) is 9.02. The quantitative estimate of drug-likeness (QED) is 0.675. The first-order valence-corrected chi connectivity index (χ1v) is 8.24. The van der Waals surface area contributed by atoms with Crippen LogP contribution in [-0.2, 0) is 0 Å². The monoisotopic (exact) mass is 391 g/mol.